The van der Waals surface area contributed by atoms with Gasteiger partial charge in [-0.25, -0.2) is 23.1 Å². The van der Waals surface area contributed by atoms with E-state index in [1.807, 2.05) is 6.92 Å². The van der Waals surface area contributed by atoms with Crippen LogP contribution in [0.15, 0.2) is 72.0 Å². The van der Waals surface area contributed by atoms with Crippen LogP contribution < -0.4 is 22.5 Å². The highest BCUT2D eigenvalue weighted by atomic mass is 32.2. The van der Waals surface area contributed by atoms with Crippen molar-refractivity contribution in [2.75, 3.05) is 33.6 Å². The van der Waals surface area contributed by atoms with E-state index in [2.05, 4.69) is 46.8 Å². The van der Waals surface area contributed by atoms with Gasteiger partial charge in [-0.05, 0) is 38.4 Å². The van der Waals surface area contributed by atoms with Crippen LogP contribution in [0, 0.1) is 45.5 Å². The molecule has 5 heterocycles. The van der Waals surface area contributed by atoms with Gasteiger partial charge in [-0.15, -0.1) is 17.9 Å². The molecule has 0 aliphatic carbocycles. The molecule has 22 nitrogen and oxygen atoms in total. The van der Waals surface area contributed by atoms with E-state index in [0.29, 0.717) is 17.5 Å². The van der Waals surface area contributed by atoms with Crippen LogP contribution in [0.2, 0.25) is 0 Å². The first-order valence-corrected chi connectivity index (χ1v) is 19.5. The van der Waals surface area contributed by atoms with Crippen molar-refractivity contribution in [2.24, 2.45) is 5.11 Å². The maximum absolute atomic E-state index is 12.6. The van der Waals surface area contributed by atoms with Crippen molar-refractivity contribution in [1.29, 1.82) is 0 Å². The Morgan fingerprint density at radius 3 is 1.87 bits per heavy atom. The topological polar surface area (TPSA) is 312 Å². The predicted octanol–water partition coefficient (Wildman–Crippen LogP) is 0.762. The number of aliphatic hydroxyl groups is 3. The molecule has 3 aromatic heterocycles. The molecule has 0 spiro atoms. The molecule has 4 aromatic rings. The third kappa shape index (κ3) is 14.4. The fraction of sp³-hybridized carbons (Fsp3) is 0.459. The number of hydrogen-bond acceptors (Lipinski definition) is 15. The van der Waals surface area contributed by atoms with E-state index < -0.39 is 82.7 Å². The quantitative estimate of drug-likeness (QED) is 0.0483. The third-order valence-electron chi connectivity index (χ3n) is 8.60. The van der Waals surface area contributed by atoms with Crippen LogP contribution >= 0.6 is 0 Å². The highest BCUT2D eigenvalue weighted by Crippen LogP contribution is 2.35. The van der Waals surface area contributed by atoms with Crippen LogP contribution in [0.5, 0.6) is 0 Å². The van der Waals surface area contributed by atoms with Crippen molar-refractivity contribution < 1.29 is 46.2 Å². The fourth-order valence-corrected chi connectivity index (χ4v) is 6.42. The number of nitrogens with one attached hydrogen (secondary N) is 2. The van der Waals surface area contributed by atoms with Crippen molar-refractivity contribution in [3.8, 4) is 24.7 Å². The van der Waals surface area contributed by atoms with Crippen LogP contribution in [0.3, 0.4) is 0 Å². The van der Waals surface area contributed by atoms with Crippen LogP contribution in [0.4, 0.5) is 8.78 Å². The lowest BCUT2D eigenvalue weighted by Gasteiger charge is -2.15. The molecule has 5 N–H and O–H groups in total. The van der Waals surface area contributed by atoms with E-state index in [9.17, 15) is 41.5 Å². The number of alkyl halides is 2. The second kappa shape index (κ2) is 25.5. The van der Waals surface area contributed by atoms with Crippen LogP contribution in [-0.4, -0.2) is 110 Å². The van der Waals surface area contributed by atoms with E-state index in [4.69, 9.17) is 31.6 Å². The molecule has 2 fully saturated rings. The maximum Gasteiger partial charge on any atom is 0.330 e. The van der Waals surface area contributed by atoms with E-state index in [0.717, 1.165) is 12.7 Å². The molecule has 0 amide bonds. The van der Waals surface area contributed by atoms with Crippen molar-refractivity contribution in [2.45, 2.75) is 81.9 Å². The Balaban J connectivity index is 0.000000308. The van der Waals surface area contributed by atoms with Gasteiger partial charge < -0.3 is 24.8 Å². The van der Waals surface area contributed by atoms with E-state index in [-0.39, 0.29) is 36.8 Å². The van der Waals surface area contributed by atoms with Crippen molar-refractivity contribution >= 4 is 10.1 Å². The Kier molecular flexibility index (Phi) is 21.3. The number of nitrogens with zero attached hydrogens (tertiary/aromatic N) is 8. The van der Waals surface area contributed by atoms with Crippen molar-refractivity contribution in [3.63, 3.8) is 0 Å². The average Bonchev–Trinajstić information content (AvgIpc) is 4.03. The molecule has 0 unspecified atom stereocenters. The first-order chi connectivity index (χ1) is 29.6. The normalized spacial score (nSPS) is 19.9. The van der Waals surface area contributed by atoms with Gasteiger partial charge >= 0.3 is 11.4 Å². The SMILES string of the molecule is C#CCOS(=O)(=O)c1ccc(C)cc1.C#CC[18F].CO.Cc1cn([C@H]2C[C@H](N=[N+]=[N-])[C@@H](CO)O2)c(=O)[nH]c1=O.Cc1cn([C@H]2C[C@H](n3cc(C[18F])nn3)[C@@H](CO)O2)c(=O)[nH]c1=O. The lowest BCUT2D eigenvalue weighted by molar-refractivity contribution is -0.0323. The number of azide groups is 1. The van der Waals surface area contributed by atoms with E-state index in [1.54, 1.807) is 31.9 Å². The summed E-state index contributed by atoms with van der Waals surface area (Å²) >= 11 is 0. The van der Waals surface area contributed by atoms with Crippen molar-refractivity contribution in [3.05, 3.63) is 117 Å². The first-order valence-electron chi connectivity index (χ1n) is 18.1. The Morgan fingerprint density at radius 2 is 1.42 bits per heavy atom. The van der Waals surface area contributed by atoms with Gasteiger partial charge in [0, 0.05) is 48.4 Å². The third-order valence-corrected chi connectivity index (χ3v) is 9.88. The van der Waals surface area contributed by atoms with Gasteiger partial charge in [0.2, 0.25) is 0 Å². The fourth-order valence-electron chi connectivity index (χ4n) is 5.59. The monoisotopic (exact) mass is 890 g/mol. The number of terminal acetylenes is 2. The number of halogens is 2. The molecule has 25 heteroatoms. The van der Waals surface area contributed by atoms with Gasteiger partial charge in [0.15, 0.2) is 0 Å². The Hall–Kier alpha value is -6.28. The molecular formula is C37H46F2N10O12S. The van der Waals surface area contributed by atoms with Crippen LogP contribution in [-0.2, 0) is 30.4 Å². The minimum atomic E-state index is -3.68. The first kappa shape index (κ1) is 51.9. The summed E-state index contributed by atoms with van der Waals surface area (Å²) in [6, 6.07) is 5.44. The highest BCUT2D eigenvalue weighted by Gasteiger charge is 2.38. The Bertz CT molecular complexity index is 2540. The molecule has 0 saturated carbocycles. The summed E-state index contributed by atoms with van der Waals surface area (Å²) in [7, 11) is -2.68. The molecule has 0 bridgehead atoms. The Morgan fingerprint density at radius 1 is 0.903 bits per heavy atom. The number of rotatable bonds is 10. The average molecular weight is 891 g/mol. The molecule has 2 aliphatic heterocycles. The van der Waals surface area contributed by atoms with E-state index >= 15 is 0 Å². The zero-order chi connectivity index (χ0) is 46.6. The maximum atomic E-state index is 12.6. The molecular weight excluding hydrogens is 845 g/mol. The minimum Gasteiger partial charge on any atom is -0.400 e. The second-order valence-electron chi connectivity index (χ2n) is 12.8. The van der Waals surface area contributed by atoms with E-state index in [1.165, 1.54) is 44.5 Å². The lowest BCUT2D eigenvalue weighted by Crippen LogP contribution is -2.33. The number of H-pyrrole nitrogens is 2. The number of ether oxygens (including phenoxy) is 2. The van der Waals surface area contributed by atoms with Gasteiger partial charge in [-0.3, -0.25) is 32.9 Å². The standard InChI is InChI=1S/C13H16FN5O4.C10H13N5O4.C10H10O3S.C3H3F.CH4O/c1-7-4-18(13(22)15-12(7)21)11-2-9(10(6-20)23-11)19-5-8(3-14)16-17-19;1-5-3-15(10(18)12-9(5)17)8-2-6(13-14-11)7(4-16)19-8;1-3-8-13-14(11,12)10-6-4-9(2)5-7-10;1-2-3-4;1-2/h4-5,9-11,20H,2-3,6H2,1H3,(H,15,21,22);3,6-8,16H,2,4H2,1H3,(H,12,17,18);1,4-7H,8H2,2H3;1H,3H2;2H,1H3/t9-,10+,11+;6-,7+,8+;;;/m00.../s1/i14-1;;;4-1;. The zero-order valence-corrected chi connectivity index (χ0v) is 34.7. The summed E-state index contributed by atoms with van der Waals surface area (Å²) in [5.74, 6) is 3.87. The Labute approximate surface area is 352 Å². The molecule has 0 radical (unpaired) electrons. The summed E-state index contributed by atoms with van der Waals surface area (Å²) in [6.07, 6.45) is 11.5. The summed E-state index contributed by atoms with van der Waals surface area (Å²) in [5, 5.41) is 36.7. The summed E-state index contributed by atoms with van der Waals surface area (Å²) in [4.78, 5) is 53.6. The molecule has 2 saturated heterocycles. The highest BCUT2D eigenvalue weighted by molar-refractivity contribution is 7.86. The van der Waals surface area contributed by atoms with Gasteiger partial charge in [0.25, 0.3) is 21.2 Å². The number of aromatic amines is 2. The second-order valence-corrected chi connectivity index (χ2v) is 14.4. The summed E-state index contributed by atoms with van der Waals surface area (Å²) in [6.45, 7) is 2.79. The lowest BCUT2D eigenvalue weighted by atomic mass is 10.1. The van der Waals surface area contributed by atoms with Gasteiger partial charge in [-0.2, -0.15) is 8.42 Å². The minimum absolute atomic E-state index is 0.123. The van der Waals surface area contributed by atoms with Gasteiger partial charge in [-0.1, -0.05) is 39.9 Å². The smallest absolute Gasteiger partial charge is 0.330 e. The summed E-state index contributed by atoms with van der Waals surface area (Å²) in [5.41, 5.74) is 8.25. The summed E-state index contributed by atoms with van der Waals surface area (Å²) < 4.78 is 65.5. The number of aryl methyl sites for hydroxylation is 3. The van der Waals surface area contributed by atoms with Gasteiger partial charge in [0.05, 0.1) is 42.5 Å². The van der Waals surface area contributed by atoms with Crippen LogP contribution in [0.1, 0.15) is 53.7 Å². The molecule has 62 heavy (non-hydrogen) atoms. The van der Waals surface area contributed by atoms with Crippen LogP contribution in [0.25, 0.3) is 10.4 Å². The number of aromatic nitrogens is 7. The molecule has 336 valence electrons. The van der Waals surface area contributed by atoms with Gasteiger partial charge in [0.1, 0.15) is 44.2 Å². The molecule has 2 aliphatic rings. The number of benzene rings is 1. The predicted molar refractivity (Wildman–Crippen MR) is 216 cm³/mol. The molecule has 1 aromatic carbocycles. The zero-order valence-electron chi connectivity index (χ0n) is 33.9. The number of aliphatic hydroxyl groups excluding tert-OH is 3. The molecule has 6 rings (SSSR count). The largest absolute Gasteiger partial charge is 0.400 e. The molecule has 6 atom stereocenters. The van der Waals surface area contributed by atoms with Crippen molar-refractivity contribution in [1.82, 2.24) is 34.1 Å². The number of hydrogen-bond donors (Lipinski definition) is 5.